The molecule has 1 aliphatic rings. The highest BCUT2D eigenvalue weighted by Gasteiger charge is 2.33. The fourth-order valence-corrected chi connectivity index (χ4v) is 2.62. The van der Waals surface area contributed by atoms with Crippen molar-refractivity contribution < 1.29 is 18.0 Å². The van der Waals surface area contributed by atoms with E-state index in [4.69, 9.17) is 0 Å². The molecule has 6 heteroatoms. The molecule has 1 fully saturated rings. The Balaban J connectivity index is 2.07. The summed E-state index contributed by atoms with van der Waals surface area (Å²) in [5.74, 6) is 0.0209. The molecule has 0 spiro atoms. The lowest BCUT2D eigenvalue weighted by Gasteiger charge is -2.22. The van der Waals surface area contributed by atoms with E-state index < -0.39 is 11.7 Å². The molecule has 1 amide bonds. The van der Waals surface area contributed by atoms with Gasteiger partial charge in [-0.3, -0.25) is 9.69 Å². The molecule has 0 unspecified atom stereocenters. The fraction of sp³-hybridized carbons (Fsp3) is 0.533. The molecule has 0 aromatic heterocycles. The Kier molecular flexibility index (Phi) is 4.88. The van der Waals surface area contributed by atoms with Crippen molar-refractivity contribution in [3.05, 3.63) is 35.4 Å². The molecule has 3 nitrogen and oxygen atoms in total. The molecule has 0 atom stereocenters. The zero-order chi connectivity index (χ0) is 15.5. The summed E-state index contributed by atoms with van der Waals surface area (Å²) in [5, 5.41) is 0. The molecule has 1 aromatic carbocycles. The average molecular weight is 300 g/mol. The van der Waals surface area contributed by atoms with Crippen molar-refractivity contribution in [2.24, 2.45) is 0 Å². The van der Waals surface area contributed by atoms with Crippen LogP contribution in [-0.2, 0) is 17.5 Å². The van der Waals surface area contributed by atoms with Gasteiger partial charge in [0.15, 0.2) is 0 Å². The number of carbonyl (C=O) groups excluding carboxylic acids is 1. The fourth-order valence-electron chi connectivity index (χ4n) is 2.62. The summed E-state index contributed by atoms with van der Waals surface area (Å²) in [6.07, 6.45) is -3.54. The Bertz CT molecular complexity index is 502. The molecular formula is C15H19F3N2O. The number of halogens is 3. The Labute approximate surface area is 122 Å². The summed E-state index contributed by atoms with van der Waals surface area (Å²) < 4.78 is 38.9. The van der Waals surface area contributed by atoms with Crippen molar-refractivity contribution in [3.63, 3.8) is 0 Å². The third-order valence-electron chi connectivity index (χ3n) is 3.75. The molecule has 0 saturated carbocycles. The summed E-state index contributed by atoms with van der Waals surface area (Å²) in [7, 11) is 0. The third-order valence-corrected chi connectivity index (χ3v) is 3.75. The van der Waals surface area contributed by atoms with E-state index in [9.17, 15) is 18.0 Å². The predicted molar refractivity (Wildman–Crippen MR) is 73.6 cm³/mol. The van der Waals surface area contributed by atoms with Crippen molar-refractivity contribution in [1.29, 1.82) is 0 Å². The van der Waals surface area contributed by atoms with Gasteiger partial charge in [0.2, 0.25) is 5.91 Å². The minimum atomic E-state index is -4.33. The van der Waals surface area contributed by atoms with Crippen LogP contribution in [0.4, 0.5) is 13.2 Å². The normalized spacial score (nSPS) is 17.6. The van der Waals surface area contributed by atoms with Gasteiger partial charge in [-0.15, -0.1) is 0 Å². The summed E-state index contributed by atoms with van der Waals surface area (Å²) in [5.41, 5.74) is -0.279. The van der Waals surface area contributed by atoms with Crippen LogP contribution in [0.25, 0.3) is 0 Å². The second kappa shape index (κ2) is 6.47. The number of benzene rings is 1. The SMILES string of the molecule is CC(=O)N1CCCN(Cc2ccccc2C(F)(F)F)CC1. The van der Waals surface area contributed by atoms with Crippen molar-refractivity contribution in [1.82, 2.24) is 9.80 Å². The average Bonchev–Trinajstić information content (AvgIpc) is 2.64. The van der Waals surface area contributed by atoms with Crippen molar-refractivity contribution in [2.45, 2.75) is 26.1 Å². The summed E-state index contributed by atoms with van der Waals surface area (Å²) in [4.78, 5) is 15.1. The number of amides is 1. The van der Waals surface area contributed by atoms with Crippen molar-refractivity contribution in [3.8, 4) is 0 Å². The molecule has 21 heavy (non-hydrogen) atoms. The van der Waals surface area contributed by atoms with Crippen LogP contribution in [0.1, 0.15) is 24.5 Å². The molecule has 0 aliphatic carbocycles. The third kappa shape index (κ3) is 4.20. The monoisotopic (exact) mass is 300 g/mol. The minimum Gasteiger partial charge on any atom is -0.342 e. The first-order chi connectivity index (χ1) is 9.88. The highest BCUT2D eigenvalue weighted by atomic mass is 19.4. The number of hydrogen-bond acceptors (Lipinski definition) is 2. The van der Waals surface area contributed by atoms with Gasteiger partial charge in [0, 0.05) is 39.6 Å². The highest BCUT2D eigenvalue weighted by Crippen LogP contribution is 2.32. The molecule has 2 rings (SSSR count). The van der Waals surface area contributed by atoms with Gasteiger partial charge >= 0.3 is 6.18 Å². The van der Waals surface area contributed by atoms with E-state index in [2.05, 4.69) is 0 Å². The van der Waals surface area contributed by atoms with Gasteiger partial charge in [0.1, 0.15) is 0 Å². The highest BCUT2D eigenvalue weighted by molar-refractivity contribution is 5.73. The van der Waals surface area contributed by atoms with Crippen molar-refractivity contribution >= 4 is 5.91 Å². The lowest BCUT2D eigenvalue weighted by molar-refractivity contribution is -0.138. The number of alkyl halides is 3. The second-order valence-electron chi connectivity index (χ2n) is 5.29. The van der Waals surface area contributed by atoms with Crippen LogP contribution in [0, 0.1) is 0 Å². The summed E-state index contributed by atoms with van der Waals surface area (Å²) in [6, 6.07) is 5.68. The van der Waals surface area contributed by atoms with Crippen LogP contribution < -0.4 is 0 Å². The van der Waals surface area contributed by atoms with Crippen LogP contribution >= 0.6 is 0 Å². The van der Waals surface area contributed by atoms with Gasteiger partial charge in [-0.25, -0.2) is 0 Å². The van der Waals surface area contributed by atoms with Crippen LogP contribution in [0.3, 0.4) is 0 Å². The van der Waals surface area contributed by atoms with Gasteiger partial charge in [-0.05, 0) is 18.1 Å². The molecule has 1 aliphatic heterocycles. The largest absolute Gasteiger partial charge is 0.416 e. The number of rotatable bonds is 2. The summed E-state index contributed by atoms with van der Waals surface area (Å²) >= 11 is 0. The van der Waals surface area contributed by atoms with Crippen LogP contribution in [0.5, 0.6) is 0 Å². The number of hydrogen-bond donors (Lipinski definition) is 0. The van der Waals surface area contributed by atoms with Crippen LogP contribution in [-0.4, -0.2) is 41.9 Å². The number of nitrogens with zero attached hydrogens (tertiary/aromatic N) is 2. The Morgan fingerprint density at radius 3 is 2.52 bits per heavy atom. The first-order valence-corrected chi connectivity index (χ1v) is 7.01. The Morgan fingerprint density at radius 1 is 1.14 bits per heavy atom. The van der Waals surface area contributed by atoms with Gasteiger partial charge in [0.05, 0.1) is 5.56 Å². The first-order valence-electron chi connectivity index (χ1n) is 7.01. The van der Waals surface area contributed by atoms with Gasteiger partial charge < -0.3 is 4.90 Å². The quantitative estimate of drug-likeness (QED) is 0.838. The zero-order valence-electron chi connectivity index (χ0n) is 12.0. The molecule has 1 heterocycles. The van der Waals surface area contributed by atoms with E-state index in [0.29, 0.717) is 31.7 Å². The predicted octanol–water partition coefficient (Wildman–Crippen LogP) is 2.76. The maximum Gasteiger partial charge on any atom is 0.416 e. The number of carbonyl (C=O) groups is 1. The van der Waals surface area contributed by atoms with E-state index in [1.807, 2.05) is 4.90 Å². The lowest BCUT2D eigenvalue weighted by Crippen LogP contribution is -2.33. The first kappa shape index (κ1) is 15.8. The maximum atomic E-state index is 13.0. The molecule has 1 aromatic rings. The van der Waals surface area contributed by atoms with Gasteiger partial charge in [0.25, 0.3) is 0 Å². The molecule has 1 saturated heterocycles. The second-order valence-corrected chi connectivity index (χ2v) is 5.29. The van der Waals surface area contributed by atoms with E-state index >= 15 is 0 Å². The minimum absolute atomic E-state index is 0.0209. The van der Waals surface area contributed by atoms with Crippen molar-refractivity contribution in [2.75, 3.05) is 26.2 Å². The standard InChI is InChI=1S/C15H19F3N2O/c1-12(21)20-8-4-7-19(9-10-20)11-13-5-2-3-6-14(13)15(16,17)18/h2-3,5-6H,4,7-11H2,1H3. The van der Waals surface area contributed by atoms with E-state index in [1.165, 1.54) is 19.1 Å². The van der Waals surface area contributed by atoms with E-state index in [0.717, 1.165) is 12.5 Å². The van der Waals surface area contributed by atoms with Gasteiger partial charge in [-0.2, -0.15) is 13.2 Å². The van der Waals surface area contributed by atoms with Crippen LogP contribution in [0.15, 0.2) is 24.3 Å². The maximum absolute atomic E-state index is 13.0. The molecule has 0 bridgehead atoms. The molecule has 116 valence electrons. The molecule has 0 radical (unpaired) electrons. The lowest BCUT2D eigenvalue weighted by atomic mass is 10.1. The molecular weight excluding hydrogens is 281 g/mol. The zero-order valence-corrected chi connectivity index (χ0v) is 12.0. The molecule has 0 N–H and O–H groups in total. The smallest absolute Gasteiger partial charge is 0.342 e. The Morgan fingerprint density at radius 2 is 1.86 bits per heavy atom. The van der Waals surface area contributed by atoms with Crippen LogP contribution in [0.2, 0.25) is 0 Å². The van der Waals surface area contributed by atoms with Gasteiger partial charge in [-0.1, -0.05) is 18.2 Å². The topological polar surface area (TPSA) is 23.6 Å². The van der Waals surface area contributed by atoms with E-state index in [1.54, 1.807) is 11.0 Å². The Hall–Kier alpha value is -1.56. The summed E-state index contributed by atoms with van der Waals surface area (Å²) in [6.45, 7) is 4.34. The van der Waals surface area contributed by atoms with E-state index in [-0.39, 0.29) is 12.5 Å².